The summed E-state index contributed by atoms with van der Waals surface area (Å²) in [7, 11) is 1.84. The van der Waals surface area contributed by atoms with Gasteiger partial charge in [0.15, 0.2) is 11.0 Å². The van der Waals surface area contributed by atoms with Gasteiger partial charge >= 0.3 is 0 Å². The Bertz CT molecular complexity index is 982. The van der Waals surface area contributed by atoms with Gasteiger partial charge in [-0.1, -0.05) is 57.5 Å². The number of nitrogens with zero attached hydrogens (tertiary/aromatic N) is 3. The minimum atomic E-state index is -0.348. The van der Waals surface area contributed by atoms with E-state index in [0.717, 1.165) is 10.2 Å². The fourth-order valence-corrected chi connectivity index (χ4v) is 3.72. The van der Waals surface area contributed by atoms with Crippen LogP contribution in [0.2, 0.25) is 5.02 Å². The second-order valence-electron chi connectivity index (χ2n) is 5.94. The van der Waals surface area contributed by atoms with Crippen molar-refractivity contribution in [3.63, 3.8) is 0 Å². The van der Waals surface area contributed by atoms with Crippen molar-refractivity contribution in [1.29, 1.82) is 0 Å². The van der Waals surface area contributed by atoms with Crippen molar-refractivity contribution in [2.75, 3.05) is 5.32 Å². The maximum Gasteiger partial charge on any atom is 0.237 e. The van der Waals surface area contributed by atoms with Crippen LogP contribution >= 0.6 is 39.3 Å². The summed E-state index contributed by atoms with van der Waals surface area (Å²) in [5.41, 5.74) is 0.735. The van der Waals surface area contributed by atoms with E-state index in [2.05, 4.69) is 31.4 Å². The minimum Gasteiger partial charge on any atom is -0.484 e. The van der Waals surface area contributed by atoms with E-state index in [-0.39, 0.29) is 17.8 Å². The minimum absolute atomic E-state index is 0.111. The van der Waals surface area contributed by atoms with Crippen LogP contribution < -0.4 is 10.1 Å². The van der Waals surface area contributed by atoms with Crippen LogP contribution in [0.15, 0.2) is 58.2 Å². The van der Waals surface area contributed by atoms with Crippen LogP contribution in [-0.4, -0.2) is 25.9 Å². The van der Waals surface area contributed by atoms with E-state index in [1.165, 1.54) is 11.8 Å². The maximum absolute atomic E-state index is 12.5. The molecule has 0 saturated heterocycles. The number of carbonyl (C=O) groups is 1. The van der Waals surface area contributed by atoms with Gasteiger partial charge in [-0.2, -0.15) is 0 Å². The first kappa shape index (κ1) is 20.7. The van der Waals surface area contributed by atoms with E-state index in [4.69, 9.17) is 16.3 Å². The van der Waals surface area contributed by atoms with E-state index in [1.807, 2.05) is 54.9 Å². The molecule has 0 fully saturated rings. The monoisotopic (exact) mass is 480 g/mol. The predicted molar refractivity (Wildman–Crippen MR) is 115 cm³/mol. The van der Waals surface area contributed by atoms with Gasteiger partial charge in [-0.3, -0.25) is 4.79 Å². The number of nitrogens with one attached hydrogen (secondary N) is 1. The molecular weight excluding hydrogens is 464 g/mol. The Hall–Kier alpha value is -2.03. The summed E-state index contributed by atoms with van der Waals surface area (Å²) < 4.78 is 8.43. The number of thioether (sulfide) groups is 1. The SMILES string of the molecule is CC(Sc1nnc(COc2ccccc2Cl)n1C)C(=O)Nc1cccc(Br)c1. The number of amides is 1. The Kier molecular flexibility index (Phi) is 6.98. The molecule has 3 rings (SSSR count). The molecule has 2 aromatic carbocycles. The molecule has 0 radical (unpaired) electrons. The van der Waals surface area contributed by atoms with Crippen molar-refractivity contribution in [3.8, 4) is 5.75 Å². The van der Waals surface area contributed by atoms with Gasteiger partial charge < -0.3 is 14.6 Å². The number of hydrogen-bond donors (Lipinski definition) is 1. The lowest BCUT2D eigenvalue weighted by Gasteiger charge is -2.12. The van der Waals surface area contributed by atoms with Gasteiger partial charge in [0.2, 0.25) is 5.91 Å². The molecule has 3 aromatic rings. The highest BCUT2D eigenvalue weighted by Gasteiger charge is 2.19. The molecule has 0 aliphatic carbocycles. The van der Waals surface area contributed by atoms with E-state index in [0.29, 0.717) is 21.8 Å². The van der Waals surface area contributed by atoms with Gasteiger partial charge in [-0.15, -0.1) is 10.2 Å². The summed E-state index contributed by atoms with van der Waals surface area (Å²) in [5.74, 6) is 1.12. The standard InChI is InChI=1S/C19H18BrClN4O2S/c1-12(18(26)22-14-7-5-6-13(20)10-14)28-19-24-23-17(25(19)2)11-27-16-9-4-3-8-15(16)21/h3-10,12H,11H2,1-2H3,(H,22,26). The summed E-state index contributed by atoms with van der Waals surface area (Å²) >= 11 is 10.8. The van der Waals surface area contributed by atoms with Crippen LogP contribution in [0.1, 0.15) is 12.7 Å². The van der Waals surface area contributed by atoms with E-state index in [1.54, 1.807) is 12.1 Å². The second-order valence-corrected chi connectivity index (χ2v) is 8.57. The third-order valence-corrected chi connectivity index (χ3v) is 5.80. The number of anilines is 1. The lowest BCUT2D eigenvalue weighted by molar-refractivity contribution is -0.115. The normalized spacial score (nSPS) is 11.9. The van der Waals surface area contributed by atoms with Crippen LogP contribution in [0.5, 0.6) is 5.75 Å². The highest BCUT2D eigenvalue weighted by molar-refractivity contribution is 9.10. The van der Waals surface area contributed by atoms with Crippen LogP contribution in [0.3, 0.4) is 0 Å². The topological polar surface area (TPSA) is 69.0 Å². The molecule has 1 heterocycles. The van der Waals surface area contributed by atoms with Crippen LogP contribution in [0.25, 0.3) is 0 Å². The summed E-state index contributed by atoms with van der Waals surface area (Å²) in [5, 5.41) is 12.0. The predicted octanol–water partition coefficient (Wildman–Crippen LogP) is 4.93. The summed E-state index contributed by atoms with van der Waals surface area (Å²) in [6.07, 6.45) is 0. The second kappa shape index (κ2) is 9.45. The van der Waals surface area contributed by atoms with Crippen LogP contribution in [0.4, 0.5) is 5.69 Å². The quantitative estimate of drug-likeness (QED) is 0.485. The average molecular weight is 482 g/mol. The third kappa shape index (κ3) is 5.27. The number of rotatable bonds is 7. The van der Waals surface area contributed by atoms with Crippen molar-refractivity contribution in [1.82, 2.24) is 14.8 Å². The molecule has 6 nitrogen and oxygen atoms in total. The van der Waals surface area contributed by atoms with E-state index in [9.17, 15) is 4.79 Å². The maximum atomic E-state index is 12.5. The molecule has 1 unspecified atom stereocenters. The molecule has 0 saturated carbocycles. The van der Waals surface area contributed by atoms with Crippen molar-refractivity contribution in [2.24, 2.45) is 7.05 Å². The molecule has 1 atom stereocenters. The molecular formula is C19H18BrClN4O2S. The Morgan fingerprint density at radius 1 is 1.29 bits per heavy atom. The number of benzene rings is 2. The Morgan fingerprint density at radius 2 is 2.07 bits per heavy atom. The number of para-hydroxylation sites is 1. The van der Waals surface area contributed by atoms with Gasteiger partial charge in [0.05, 0.1) is 10.3 Å². The fraction of sp³-hybridized carbons (Fsp3) is 0.211. The van der Waals surface area contributed by atoms with Crippen LogP contribution in [0, 0.1) is 0 Å². The molecule has 0 bridgehead atoms. The number of halogens is 2. The number of hydrogen-bond acceptors (Lipinski definition) is 5. The lowest BCUT2D eigenvalue weighted by Crippen LogP contribution is -2.22. The Labute approximate surface area is 180 Å². The van der Waals surface area contributed by atoms with Crippen molar-refractivity contribution in [3.05, 3.63) is 63.9 Å². The van der Waals surface area contributed by atoms with Crippen molar-refractivity contribution in [2.45, 2.75) is 23.9 Å². The molecule has 0 spiro atoms. The molecule has 28 heavy (non-hydrogen) atoms. The largest absolute Gasteiger partial charge is 0.484 e. The van der Waals surface area contributed by atoms with Crippen LogP contribution in [-0.2, 0) is 18.4 Å². The molecule has 0 aliphatic heterocycles. The average Bonchev–Trinajstić information content (AvgIpc) is 3.01. The zero-order chi connectivity index (χ0) is 20.1. The Balaban J connectivity index is 1.60. The molecule has 1 aromatic heterocycles. The van der Waals surface area contributed by atoms with Crippen molar-refractivity contribution < 1.29 is 9.53 Å². The van der Waals surface area contributed by atoms with Gasteiger partial charge in [0.1, 0.15) is 12.4 Å². The summed E-state index contributed by atoms with van der Waals surface area (Å²) in [6.45, 7) is 2.05. The molecule has 0 aliphatic rings. The zero-order valence-corrected chi connectivity index (χ0v) is 18.4. The number of ether oxygens (including phenoxy) is 1. The first-order chi connectivity index (χ1) is 13.4. The number of aromatic nitrogens is 3. The van der Waals surface area contributed by atoms with E-state index >= 15 is 0 Å². The van der Waals surface area contributed by atoms with Crippen molar-refractivity contribution >= 4 is 50.9 Å². The third-order valence-electron chi connectivity index (χ3n) is 3.86. The zero-order valence-electron chi connectivity index (χ0n) is 15.2. The highest BCUT2D eigenvalue weighted by Crippen LogP contribution is 2.26. The summed E-state index contributed by atoms with van der Waals surface area (Å²) in [4.78, 5) is 12.5. The van der Waals surface area contributed by atoms with Gasteiger partial charge in [-0.25, -0.2) is 0 Å². The highest BCUT2D eigenvalue weighted by atomic mass is 79.9. The first-order valence-electron chi connectivity index (χ1n) is 8.42. The smallest absolute Gasteiger partial charge is 0.237 e. The fourth-order valence-electron chi connectivity index (χ4n) is 2.30. The lowest BCUT2D eigenvalue weighted by atomic mass is 10.3. The summed E-state index contributed by atoms with van der Waals surface area (Å²) in [6, 6.07) is 14.7. The Morgan fingerprint density at radius 3 is 2.82 bits per heavy atom. The molecule has 146 valence electrons. The van der Waals surface area contributed by atoms with E-state index < -0.39 is 0 Å². The molecule has 9 heteroatoms. The van der Waals surface area contributed by atoms with Gasteiger partial charge in [0.25, 0.3) is 0 Å². The van der Waals surface area contributed by atoms with Gasteiger partial charge in [0, 0.05) is 17.2 Å². The molecule has 1 N–H and O–H groups in total. The van der Waals surface area contributed by atoms with Gasteiger partial charge in [-0.05, 0) is 37.3 Å². The molecule has 1 amide bonds. The first-order valence-corrected chi connectivity index (χ1v) is 10.5. The number of carbonyl (C=O) groups excluding carboxylic acids is 1.